The zero-order valence-corrected chi connectivity index (χ0v) is 14.3. The van der Waals surface area contributed by atoms with E-state index >= 15 is 0 Å². The summed E-state index contributed by atoms with van der Waals surface area (Å²) in [4.78, 5) is 16.1. The molecule has 1 aromatic carbocycles. The van der Waals surface area contributed by atoms with Crippen molar-refractivity contribution in [1.82, 2.24) is 4.98 Å². The zero-order chi connectivity index (χ0) is 15.2. The summed E-state index contributed by atoms with van der Waals surface area (Å²) in [5.41, 5.74) is 4.68. The van der Waals surface area contributed by atoms with E-state index in [0.29, 0.717) is 4.58 Å². The van der Waals surface area contributed by atoms with Crippen molar-refractivity contribution in [1.29, 1.82) is 0 Å². The van der Waals surface area contributed by atoms with Crippen LogP contribution in [0.25, 0.3) is 6.08 Å². The van der Waals surface area contributed by atoms with Crippen LogP contribution in [0.5, 0.6) is 0 Å². The van der Waals surface area contributed by atoms with E-state index in [2.05, 4.69) is 22.4 Å². The molecule has 22 heavy (non-hydrogen) atoms. The van der Waals surface area contributed by atoms with Crippen molar-refractivity contribution in [3.63, 3.8) is 0 Å². The van der Waals surface area contributed by atoms with Crippen molar-refractivity contribution in [3.05, 3.63) is 52.5 Å². The van der Waals surface area contributed by atoms with Gasteiger partial charge in [0, 0.05) is 17.1 Å². The van der Waals surface area contributed by atoms with Gasteiger partial charge in [0.25, 0.3) is 0 Å². The third kappa shape index (κ3) is 4.38. The first kappa shape index (κ1) is 15.6. The Morgan fingerprint density at radius 3 is 2.95 bits per heavy atom. The predicted molar refractivity (Wildman–Crippen MR) is 98.5 cm³/mol. The van der Waals surface area contributed by atoms with Crippen LogP contribution >= 0.6 is 34.9 Å². The lowest BCUT2D eigenvalue weighted by molar-refractivity contribution is -0.111. The van der Waals surface area contributed by atoms with Crippen molar-refractivity contribution >= 4 is 52.5 Å². The second kappa shape index (κ2) is 7.85. The van der Waals surface area contributed by atoms with Gasteiger partial charge in [0.1, 0.15) is 0 Å². The minimum absolute atomic E-state index is 0.130. The van der Waals surface area contributed by atoms with Gasteiger partial charge < -0.3 is 5.32 Å². The monoisotopic (exact) mass is 348 g/mol. The Morgan fingerprint density at radius 2 is 2.18 bits per heavy atom. The first-order valence-corrected chi connectivity index (χ1v) is 10.1. The molecule has 3 nitrogen and oxygen atoms in total. The zero-order valence-electron chi connectivity index (χ0n) is 11.9. The molecule has 6 heteroatoms. The Hall–Kier alpha value is -1.24. The van der Waals surface area contributed by atoms with Gasteiger partial charge in [-0.3, -0.25) is 4.79 Å². The highest BCUT2D eigenvalue weighted by Gasteiger charge is 2.16. The molecule has 1 N–H and O–H groups in total. The van der Waals surface area contributed by atoms with Gasteiger partial charge in [-0.25, -0.2) is 4.98 Å². The van der Waals surface area contributed by atoms with Crippen LogP contribution in [-0.2, 0) is 4.79 Å². The molecule has 1 saturated heterocycles. The van der Waals surface area contributed by atoms with E-state index in [0.717, 1.165) is 11.4 Å². The Morgan fingerprint density at radius 1 is 1.32 bits per heavy atom. The number of thiazole rings is 1. The van der Waals surface area contributed by atoms with Gasteiger partial charge in [-0.1, -0.05) is 12.1 Å². The molecule has 114 valence electrons. The predicted octanol–water partition coefficient (Wildman–Crippen LogP) is 4.66. The number of amides is 1. The van der Waals surface area contributed by atoms with Gasteiger partial charge >= 0.3 is 0 Å². The molecule has 0 radical (unpaired) electrons. The van der Waals surface area contributed by atoms with Crippen LogP contribution < -0.4 is 5.32 Å². The summed E-state index contributed by atoms with van der Waals surface area (Å²) < 4.78 is 0.483. The lowest BCUT2D eigenvalue weighted by atomic mass is 10.2. The van der Waals surface area contributed by atoms with Crippen LogP contribution in [-0.4, -0.2) is 22.4 Å². The topological polar surface area (TPSA) is 42.0 Å². The Balaban J connectivity index is 1.63. The average Bonchev–Trinajstić information content (AvgIpc) is 3.08. The SMILES string of the molecule is O=C(/C=C\c1cscn1)Nc1cccc(C2SCCCS2)c1. The van der Waals surface area contributed by atoms with E-state index in [4.69, 9.17) is 0 Å². The minimum atomic E-state index is -0.130. The van der Waals surface area contributed by atoms with E-state index in [1.807, 2.05) is 41.0 Å². The normalized spacial score (nSPS) is 16.0. The molecule has 0 atom stereocenters. The standard InChI is InChI=1S/C16H16N2OS3/c19-15(6-5-14-10-20-11-17-14)18-13-4-1-3-12(9-13)16-21-7-2-8-22-16/h1,3-6,9-11,16H,2,7-8H2,(H,18,19)/b6-5-. The molecule has 0 spiro atoms. The van der Waals surface area contributed by atoms with Crippen molar-refractivity contribution in [2.24, 2.45) is 0 Å². The molecule has 1 aromatic heterocycles. The van der Waals surface area contributed by atoms with Gasteiger partial charge in [-0.15, -0.1) is 34.9 Å². The maximum Gasteiger partial charge on any atom is 0.248 e. The molecule has 2 heterocycles. The number of thioether (sulfide) groups is 2. The number of hydrogen-bond donors (Lipinski definition) is 1. The maximum atomic E-state index is 12.0. The van der Waals surface area contributed by atoms with Crippen molar-refractivity contribution < 1.29 is 4.79 Å². The summed E-state index contributed by atoms with van der Waals surface area (Å²) in [6.07, 6.45) is 4.53. The third-order valence-electron chi connectivity index (χ3n) is 3.11. The second-order valence-electron chi connectivity index (χ2n) is 4.79. The fourth-order valence-electron chi connectivity index (χ4n) is 2.09. The Bertz CT molecular complexity index is 649. The molecule has 2 aromatic rings. The smallest absolute Gasteiger partial charge is 0.248 e. The number of carbonyl (C=O) groups excluding carboxylic acids is 1. The fourth-order valence-corrected chi connectivity index (χ4v) is 5.49. The molecule has 0 unspecified atom stereocenters. The number of benzene rings is 1. The number of carbonyl (C=O) groups is 1. The highest BCUT2D eigenvalue weighted by Crippen LogP contribution is 2.43. The quantitative estimate of drug-likeness (QED) is 0.816. The summed E-state index contributed by atoms with van der Waals surface area (Å²) in [6, 6.07) is 8.14. The number of aromatic nitrogens is 1. The number of rotatable bonds is 4. The fraction of sp³-hybridized carbons (Fsp3) is 0.250. The molecule has 0 saturated carbocycles. The molecular weight excluding hydrogens is 332 g/mol. The van der Waals surface area contributed by atoms with Gasteiger partial charge in [-0.05, 0) is 41.7 Å². The van der Waals surface area contributed by atoms with Gasteiger partial charge in [-0.2, -0.15) is 0 Å². The lowest BCUT2D eigenvalue weighted by Crippen LogP contribution is -2.08. The van der Waals surface area contributed by atoms with Crippen molar-refractivity contribution in [3.8, 4) is 0 Å². The van der Waals surface area contributed by atoms with Crippen LogP contribution in [0.1, 0.15) is 22.3 Å². The van der Waals surface area contributed by atoms with Crippen LogP contribution in [0.3, 0.4) is 0 Å². The molecule has 3 rings (SSSR count). The number of nitrogens with one attached hydrogen (secondary N) is 1. The highest BCUT2D eigenvalue weighted by atomic mass is 32.2. The van der Waals surface area contributed by atoms with E-state index in [1.165, 1.54) is 40.9 Å². The van der Waals surface area contributed by atoms with E-state index < -0.39 is 0 Å². The van der Waals surface area contributed by atoms with E-state index in [9.17, 15) is 4.79 Å². The van der Waals surface area contributed by atoms with Crippen LogP contribution in [0, 0.1) is 0 Å². The first-order valence-electron chi connectivity index (χ1n) is 7.02. The Kier molecular flexibility index (Phi) is 5.58. The van der Waals surface area contributed by atoms with Gasteiger partial charge in [0.05, 0.1) is 15.8 Å². The molecule has 1 amide bonds. The van der Waals surface area contributed by atoms with E-state index in [1.54, 1.807) is 11.6 Å². The van der Waals surface area contributed by atoms with Crippen LogP contribution in [0.2, 0.25) is 0 Å². The Labute approximate surface area is 142 Å². The summed E-state index contributed by atoms with van der Waals surface area (Å²) in [5, 5.41) is 4.82. The second-order valence-corrected chi connectivity index (χ2v) is 8.23. The van der Waals surface area contributed by atoms with Gasteiger partial charge in [0.2, 0.25) is 5.91 Å². The number of nitrogens with zero attached hydrogens (tertiary/aromatic N) is 1. The number of hydrogen-bond acceptors (Lipinski definition) is 5. The summed E-state index contributed by atoms with van der Waals surface area (Å²) in [7, 11) is 0. The maximum absolute atomic E-state index is 12.0. The largest absolute Gasteiger partial charge is 0.323 e. The molecular formula is C16H16N2OS3. The summed E-state index contributed by atoms with van der Waals surface area (Å²) >= 11 is 5.48. The highest BCUT2D eigenvalue weighted by molar-refractivity contribution is 8.16. The average molecular weight is 349 g/mol. The third-order valence-corrected chi connectivity index (χ3v) is 6.73. The molecule has 1 aliphatic rings. The number of anilines is 1. The molecule has 1 aliphatic heterocycles. The molecule has 0 bridgehead atoms. The van der Waals surface area contributed by atoms with Crippen molar-refractivity contribution in [2.75, 3.05) is 16.8 Å². The molecule has 1 fully saturated rings. The summed E-state index contributed by atoms with van der Waals surface area (Å²) in [5.74, 6) is 2.30. The summed E-state index contributed by atoms with van der Waals surface area (Å²) in [6.45, 7) is 0. The van der Waals surface area contributed by atoms with Crippen molar-refractivity contribution in [2.45, 2.75) is 11.0 Å². The van der Waals surface area contributed by atoms with Crippen LogP contribution in [0.4, 0.5) is 5.69 Å². The van der Waals surface area contributed by atoms with Gasteiger partial charge in [0.15, 0.2) is 0 Å². The lowest BCUT2D eigenvalue weighted by Gasteiger charge is -2.21. The first-order chi connectivity index (χ1) is 10.8. The molecule has 0 aliphatic carbocycles. The van der Waals surface area contributed by atoms with E-state index in [-0.39, 0.29) is 5.91 Å². The van der Waals surface area contributed by atoms with Crippen LogP contribution in [0.15, 0.2) is 41.2 Å². The minimum Gasteiger partial charge on any atom is -0.323 e.